The smallest absolute Gasteiger partial charge is 0.305 e. The summed E-state index contributed by atoms with van der Waals surface area (Å²) in [5.41, 5.74) is -0.348. The third-order valence-electron chi connectivity index (χ3n) is 7.72. The van der Waals surface area contributed by atoms with E-state index in [4.69, 9.17) is 9.47 Å². The fourth-order valence-corrected chi connectivity index (χ4v) is 4.96. The molecule has 0 rings (SSSR count). The van der Waals surface area contributed by atoms with Crippen molar-refractivity contribution in [2.45, 2.75) is 195 Å². The summed E-state index contributed by atoms with van der Waals surface area (Å²) in [4.78, 5) is 24.2. The van der Waals surface area contributed by atoms with Gasteiger partial charge in [-0.2, -0.15) is 0 Å². The maximum Gasteiger partial charge on any atom is 0.305 e. The van der Waals surface area contributed by atoms with Gasteiger partial charge < -0.3 is 9.47 Å². The lowest BCUT2D eigenvalue weighted by molar-refractivity contribution is -0.152. The van der Waals surface area contributed by atoms with Gasteiger partial charge in [0.05, 0.1) is 13.2 Å². The van der Waals surface area contributed by atoms with E-state index in [1.165, 1.54) is 128 Å². The molecule has 4 nitrogen and oxygen atoms in total. The molecule has 0 aliphatic carbocycles. The normalized spacial score (nSPS) is 11.6. The van der Waals surface area contributed by atoms with Crippen LogP contribution in [-0.2, 0) is 19.1 Å². The first-order valence-electron chi connectivity index (χ1n) is 17.2. The number of hydrogen-bond acceptors (Lipinski definition) is 4. The van der Waals surface area contributed by atoms with Crippen molar-refractivity contribution >= 4 is 11.9 Å². The standard InChI is InChI=1S/C35H68O4/c1-5-7-9-11-13-15-16-17-18-19-20-22-24-26-28-30-34(37)39-32-35(3,4)31-38-33(36)29-27-25-23-21-14-12-10-8-6-2/h5-32H2,1-4H3. The number of rotatable bonds is 30. The topological polar surface area (TPSA) is 52.6 Å². The van der Waals surface area contributed by atoms with E-state index < -0.39 is 0 Å². The van der Waals surface area contributed by atoms with Gasteiger partial charge in [0, 0.05) is 18.3 Å². The first-order chi connectivity index (χ1) is 18.9. The van der Waals surface area contributed by atoms with Crippen molar-refractivity contribution in [3.05, 3.63) is 0 Å². The van der Waals surface area contributed by atoms with Gasteiger partial charge in [-0.3, -0.25) is 9.59 Å². The van der Waals surface area contributed by atoms with Gasteiger partial charge in [-0.1, -0.05) is 169 Å². The van der Waals surface area contributed by atoms with Crippen molar-refractivity contribution in [1.82, 2.24) is 0 Å². The molecule has 0 aliphatic heterocycles. The molecule has 0 atom stereocenters. The quantitative estimate of drug-likeness (QED) is 0.0656. The Kier molecular flexibility index (Phi) is 27.7. The Morgan fingerprint density at radius 3 is 0.897 bits per heavy atom. The number of hydrogen-bond donors (Lipinski definition) is 0. The molecular weight excluding hydrogens is 484 g/mol. The highest BCUT2D eigenvalue weighted by Crippen LogP contribution is 2.18. The van der Waals surface area contributed by atoms with Gasteiger partial charge in [-0.25, -0.2) is 0 Å². The summed E-state index contributed by atoms with van der Waals surface area (Å²) in [7, 11) is 0. The molecule has 0 aromatic heterocycles. The minimum absolute atomic E-state index is 0.126. The average molecular weight is 553 g/mol. The van der Waals surface area contributed by atoms with Crippen molar-refractivity contribution in [3.8, 4) is 0 Å². The van der Waals surface area contributed by atoms with Crippen LogP contribution in [0.3, 0.4) is 0 Å². The van der Waals surface area contributed by atoms with Crippen molar-refractivity contribution in [2.75, 3.05) is 13.2 Å². The highest BCUT2D eigenvalue weighted by atomic mass is 16.5. The molecule has 0 bridgehead atoms. The van der Waals surface area contributed by atoms with E-state index in [2.05, 4.69) is 13.8 Å². The zero-order chi connectivity index (χ0) is 28.9. The summed E-state index contributed by atoms with van der Waals surface area (Å²) in [6.07, 6.45) is 31.9. The second-order valence-electron chi connectivity index (χ2n) is 12.8. The predicted octanol–water partition coefficient (Wildman–Crippen LogP) is 11.3. The molecule has 4 heteroatoms. The number of ether oxygens (including phenoxy) is 2. The third kappa shape index (κ3) is 29.7. The molecule has 0 aliphatic rings. The SMILES string of the molecule is CCCCCCCCCCCCCCCCCC(=O)OCC(C)(C)COC(=O)CCCCCCCCCCC. The number of esters is 2. The lowest BCUT2D eigenvalue weighted by Crippen LogP contribution is -2.28. The zero-order valence-corrected chi connectivity index (χ0v) is 26.9. The number of carbonyl (C=O) groups is 2. The Morgan fingerprint density at radius 1 is 0.410 bits per heavy atom. The highest BCUT2D eigenvalue weighted by Gasteiger charge is 2.22. The molecule has 0 radical (unpaired) electrons. The van der Waals surface area contributed by atoms with E-state index in [9.17, 15) is 9.59 Å². The molecule has 232 valence electrons. The molecular formula is C35H68O4. The monoisotopic (exact) mass is 553 g/mol. The average Bonchev–Trinajstić information content (AvgIpc) is 2.92. The van der Waals surface area contributed by atoms with E-state index in [0.717, 1.165) is 25.7 Å². The number of carbonyl (C=O) groups excluding carboxylic acids is 2. The fourth-order valence-electron chi connectivity index (χ4n) is 4.96. The predicted molar refractivity (Wildman–Crippen MR) is 167 cm³/mol. The van der Waals surface area contributed by atoms with Crippen molar-refractivity contribution in [2.24, 2.45) is 5.41 Å². The van der Waals surface area contributed by atoms with Gasteiger partial charge in [-0.15, -0.1) is 0 Å². The Labute approximate surface area is 244 Å². The Balaban J connectivity index is 3.53. The van der Waals surface area contributed by atoms with E-state index >= 15 is 0 Å². The molecule has 0 heterocycles. The molecule has 0 N–H and O–H groups in total. The van der Waals surface area contributed by atoms with E-state index in [1.54, 1.807) is 0 Å². The van der Waals surface area contributed by atoms with Gasteiger partial charge in [0.1, 0.15) is 0 Å². The van der Waals surface area contributed by atoms with Gasteiger partial charge in [-0.05, 0) is 12.8 Å². The molecule has 0 amide bonds. The molecule has 0 saturated carbocycles. The summed E-state index contributed by atoms with van der Waals surface area (Å²) in [6.45, 7) is 9.10. The first-order valence-corrected chi connectivity index (χ1v) is 17.2. The minimum Gasteiger partial charge on any atom is -0.465 e. The first kappa shape index (κ1) is 37.9. The van der Waals surface area contributed by atoms with Crippen LogP contribution in [0.1, 0.15) is 195 Å². The van der Waals surface area contributed by atoms with Crippen LogP contribution in [0.25, 0.3) is 0 Å². The Morgan fingerprint density at radius 2 is 0.641 bits per heavy atom. The van der Waals surface area contributed by atoms with Crippen LogP contribution in [0, 0.1) is 5.41 Å². The minimum atomic E-state index is -0.348. The molecule has 0 spiro atoms. The maximum absolute atomic E-state index is 12.1. The van der Waals surface area contributed by atoms with Gasteiger partial charge in [0.25, 0.3) is 0 Å². The van der Waals surface area contributed by atoms with E-state index in [1.807, 2.05) is 13.8 Å². The summed E-state index contributed by atoms with van der Waals surface area (Å²) in [5.74, 6) is -0.256. The van der Waals surface area contributed by atoms with Crippen LogP contribution < -0.4 is 0 Å². The highest BCUT2D eigenvalue weighted by molar-refractivity contribution is 5.69. The lowest BCUT2D eigenvalue weighted by Gasteiger charge is -2.23. The Hall–Kier alpha value is -1.06. The second kappa shape index (κ2) is 28.5. The van der Waals surface area contributed by atoms with Crippen molar-refractivity contribution in [3.63, 3.8) is 0 Å². The van der Waals surface area contributed by atoms with Crippen LogP contribution in [0.2, 0.25) is 0 Å². The summed E-state index contributed by atoms with van der Waals surface area (Å²) in [6, 6.07) is 0. The summed E-state index contributed by atoms with van der Waals surface area (Å²) >= 11 is 0. The molecule has 0 aromatic carbocycles. The lowest BCUT2D eigenvalue weighted by atomic mass is 9.96. The molecule has 0 unspecified atom stereocenters. The molecule has 0 aromatic rings. The van der Waals surface area contributed by atoms with Gasteiger partial charge >= 0.3 is 11.9 Å². The fraction of sp³-hybridized carbons (Fsp3) is 0.943. The molecule has 0 fully saturated rings. The van der Waals surface area contributed by atoms with Gasteiger partial charge in [0.2, 0.25) is 0 Å². The Bertz CT molecular complexity index is 543. The van der Waals surface area contributed by atoms with Gasteiger partial charge in [0.15, 0.2) is 0 Å². The summed E-state index contributed by atoms with van der Waals surface area (Å²) in [5, 5.41) is 0. The van der Waals surface area contributed by atoms with Crippen LogP contribution in [0.5, 0.6) is 0 Å². The van der Waals surface area contributed by atoms with Crippen molar-refractivity contribution < 1.29 is 19.1 Å². The zero-order valence-electron chi connectivity index (χ0n) is 26.9. The van der Waals surface area contributed by atoms with Crippen LogP contribution in [0.15, 0.2) is 0 Å². The van der Waals surface area contributed by atoms with Crippen molar-refractivity contribution in [1.29, 1.82) is 0 Å². The van der Waals surface area contributed by atoms with Crippen LogP contribution in [0.4, 0.5) is 0 Å². The third-order valence-corrected chi connectivity index (χ3v) is 7.72. The van der Waals surface area contributed by atoms with E-state index in [-0.39, 0.29) is 17.4 Å². The molecule has 39 heavy (non-hydrogen) atoms. The van der Waals surface area contributed by atoms with E-state index in [0.29, 0.717) is 26.1 Å². The maximum atomic E-state index is 12.1. The largest absolute Gasteiger partial charge is 0.465 e. The summed E-state index contributed by atoms with van der Waals surface area (Å²) < 4.78 is 11.0. The second-order valence-corrected chi connectivity index (χ2v) is 12.8. The van der Waals surface area contributed by atoms with Crippen LogP contribution in [-0.4, -0.2) is 25.2 Å². The van der Waals surface area contributed by atoms with Crippen LogP contribution >= 0.6 is 0 Å². The molecule has 0 saturated heterocycles. The number of unbranched alkanes of at least 4 members (excludes halogenated alkanes) is 22.